The Morgan fingerprint density at radius 3 is 2.40 bits per heavy atom. The van der Waals surface area contributed by atoms with Gasteiger partial charge in [0.05, 0.1) is 6.10 Å². The van der Waals surface area contributed by atoms with E-state index in [0.29, 0.717) is 23.9 Å². The van der Waals surface area contributed by atoms with Crippen LogP contribution in [0.3, 0.4) is 0 Å². The molecule has 0 spiro atoms. The molecule has 0 radical (unpaired) electrons. The minimum absolute atomic E-state index is 0.167. The smallest absolute Gasteiger partial charge is 0.410 e. The molecule has 9 heteroatoms. The molecule has 0 bridgehead atoms. The molecule has 42 heavy (non-hydrogen) atoms. The highest BCUT2D eigenvalue weighted by molar-refractivity contribution is 5.81. The standard InChI is InChI=1S/C33H54N6O3/c1-6-7-23(2)35-31-34-20-28-29(22-39(30(28)36-31)26-12-14-27(40)15-13-26)25-10-8-24(9-11-25)21-37-16-18-38(19-17-37)32(41)42-33(3,4)5/h20,22-27,40H,6-19,21H2,1-5H3,(H,34,35,36)/t23-,24-,25+,26-,27-/m0/s1. The van der Waals surface area contributed by atoms with Crippen molar-refractivity contribution in [2.75, 3.05) is 38.0 Å². The van der Waals surface area contributed by atoms with Crippen LogP contribution >= 0.6 is 0 Å². The molecule has 1 saturated heterocycles. The normalized spacial score (nSPS) is 26.8. The van der Waals surface area contributed by atoms with Gasteiger partial charge in [-0.1, -0.05) is 13.3 Å². The first kappa shape index (κ1) is 31.0. The molecule has 1 atom stereocenters. The molecule has 3 heterocycles. The van der Waals surface area contributed by atoms with Crippen LogP contribution in [0.1, 0.15) is 116 Å². The molecule has 1 amide bonds. The van der Waals surface area contributed by atoms with Gasteiger partial charge in [0.15, 0.2) is 0 Å². The van der Waals surface area contributed by atoms with Crippen molar-refractivity contribution in [2.45, 2.75) is 129 Å². The average molecular weight is 583 g/mol. The third-order valence-electron chi connectivity index (χ3n) is 9.59. The summed E-state index contributed by atoms with van der Waals surface area (Å²) in [6.07, 6.45) is 14.9. The summed E-state index contributed by atoms with van der Waals surface area (Å²) in [5, 5.41) is 14.9. The average Bonchev–Trinajstić information content (AvgIpc) is 3.32. The van der Waals surface area contributed by atoms with Crippen LogP contribution in [0.4, 0.5) is 10.7 Å². The SMILES string of the molecule is CCC[C@H](C)Nc1ncc2c(n1)n([C@H]1CC[C@H](O)CC1)cc2[C@H]1CC[C@@H](CN2CCN(C(=O)OC(C)(C)C)CC2)CC1. The van der Waals surface area contributed by atoms with E-state index in [-0.39, 0.29) is 12.2 Å². The fourth-order valence-corrected chi connectivity index (χ4v) is 7.25. The van der Waals surface area contributed by atoms with Crippen molar-refractivity contribution in [2.24, 2.45) is 5.92 Å². The number of fused-ring (bicyclic) bond motifs is 1. The van der Waals surface area contributed by atoms with Crippen LogP contribution in [-0.4, -0.2) is 86.0 Å². The van der Waals surface area contributed by atoms with Gasteiger partial charge in [-0.3, -0.25) is 4.90 Å². The predicted octanol–water partition coefficient (Wildman–Crippen LogP) is 6.33. The molecule has 1 aliphatic heterocycles. The predicted molar refractivity (Wildman–Crippen MR) is 168 cm³/mol. The number of piperazine rings is 1. The van der Waals surface area contributed by atoms with Gasteiger partial charge >= 0.3 is 6.09 Å². The Bertz CT molecular complexity index is 1170. The van der Waals surface area contributed by atoms with E-state index in [1.807, 2.05) is 25.7 Å². The van der Waals surface area contributed by atoms with Gasteiger partial charge in [0.25, 0.3) is 0 Å². The van der Waals surface area contributed by atoms with Crippen LogP contribution in [0.15, 0.2) is 12.4 Å². The summed E-state index contributed by atoms with van der Waals surface area (Å²) in [4.78, 5) is 26.7. The van der Waals surface area contributed by atoms with Gasteiger partial charge in [-0.15, -0.1) is 0 Å². The first-order chi connectivity index (χ1) is 20.1. The Labute approximate surface area is 252 Å². The number of aromatic nitrogens is 3. The van der Waals surface area contributed by atoms with Crippen LogP contribution in [0.5, 0.6) is 0 Å². The van der Waals surface area contributed by atoms with Crippen LogP contribution in [-0.2, 0) is 4.74 Å². The van der Waals surface area contributed by atoms with Crippen LogP contribution in [0.25, 0.3) is 11.0 Å². The first-order valence-electron chi connectivity index (χ1n) is 16.6. The second-order valence-electron chi connectivity index (χ2n) is 14.2. The van der Waals surface area contributed by atoms with E-state index in [0.717, 1.165) is 82.8 Å². The van der Waals surface area contributed by atoms with E-state index in [2.05, 4.69) is 41.0 Å². The van der Waals surface area contributed by atoms with Crippen molar-refractivity contribution in [1.29, 1.82) is 0 Å². The molecule has 2 aliphatic carbocycles. The third kappa shape index (κ3) is 7.76. The summed E-state index contributed by atoms with van der Waals surface area (Å²) in [5.74, 6) is 1.96. The van der Waals surface area contributed by atoms with Gasteiger partial charge in [-0.25, -0.2) is 9.78 Å². The Kier molecular flexibility index (Phi) is 9.98. The quantitative estimate of drug-likeness (QED) is 0.375. The van der Waals surface area contributed by atoms with E-state index >= 15 is 0 Å². The second kappa shape index (κ2) is 13.5. The number of rotatable bonds is 8. The summed E-state index contributed by atoms with van der Waals surface area (Å²) >= 11 is 0. The number of anilines is 1. The fourth-order valence-electron chi connectivity index (χ4n) is 7.25. The van der Waals surface area contributed by atoms with Gasteiger partial charge in [0.1, 0.15) is 11.2 Å². The molecule has 3 aliphatic rings. The topological polar surface area (TPSA) is 95.7 Å². The number of ether oxygens (including phenoxy) is 1. The molecule has 0 unspecified atom stereocenters. The summed E-state index contributed by atoms with van der Waals surface area (Å²) < 4.78 is 7.99. The highest BCUT2D eigenvalue weighted by Crippen LogP contribution is 2.41. The highest BCUT2D eigenvalue weighted by Gasteiger charge is 2.31. The number of aliphatic hydroxyl groups excluding tert-OH is 1. The zero-order valence-corrected chi connectivity index (χ0v) is 26.6. The lowest BCUT2D eigenvalue weighted by Gasteiger charge is -2.38. The van der Waals surface area contributed by atoms with E-state index in [1.165, 1.54) is 36.6 Å². The lowest BCUT2D eigenvalue weighted by molar-refractivity contribution is 0.0127. The summed E-state index contributed by atoms with van der Waals surface area (Å²) in [6, 6.07) is 0.729. The minimum Gasteiger partial charge on any atom is -0.444 e. The molecule has 0 aromatic carbocycles. The number of nitrogens with one attached hydrogen (secondary N) is 1. The Balaban J connectivity index is 1.22. The first-order valence-corrected chi connectivity index (χ1v) is 16.6. The van der Waals surface area contributed by atoms with Crippen molar-refractivity contribution in [1.82, 2.24) is 24.3 Å². The molecule has 2 N–H and O–H groups in total. The molecular formula is C33H54N6O3. The van der Waals surface area contributed by atoms with Gasteiger partial charge in [-0.2, -0.15) is 4.98 Å². The van der Waals surface area contributed by atoms with Gasteiger partial charge in [-0.05, 0) is 103 Å². The molecular weight excluding hydrogens is 528 g/mol. The number of nitrogens with zero attached hydrogens (tertiary/aromatic N) is 5. The minimum atomic E-state index is -0.448. The van der Waals surface area contributed by atoms with E-state index in [9.17, 15) is 9.90 Å². The number of hydrogen-bond donors (Lipinski definition) is 2. The van der Waals surface area contributed by atoms with Crippen molar-refractivity contribution >= 4 is 23.1 Å². The Morgan fingerprint density at radius 2 is 1.76 bits per heavy atom. The number of amides is 1. The third-order valence-corrected chi connectivity index (χ3v) is 9.59. The van der Waals surface area contributed by atoms with E-state index in [4.69, 9.17) is 14.7 Å². The van der Waals surface area contributed by atoms with E-state index < -0.39 is 5.60 Å². The highest BCUT2D eigenvalue weighted by atomic mass is 16.6. The van der Waals surface area contributed by atoms with Crippen molar-refractivity contribution in [3.05, 3.63) is 18.0 Å². The fraction of sp³-hybridized carbons (Fsp3) is 0.788. The lowest BCUT2D eigenvalue weighted by atomic mass is 9.78. The second-order valence-corrected chi connectivity index (χ2v) is 14.2. The molecule has 2 aromatic rings. The molecule has 3 fully saturated rings. The maximum Gasteiger partial charge on any atom is 0.410 e. The zero-order valence-electron chi connectivity index (χ0n) is 26.6. The van der Waals surface area contributed by atoms with Crippen LogP contribution in [0.2, 0.25) is 0 Å². The van der Waals surface area contributed by atoms with E-state index in [1.54, 1.807) is 0 Å². The maximum atomic E-state index is 12.4. The van der Waals surface area contributed by atoms with Crippen molar-refractivity contribution in [3.8, 4) is 0 Å². The van der Waals surface area contributed by atoms with Crippen LogP contribution in [0, 0.1) is 5.92 Å². The number of aliphatic hydroxyl groups is 1. The molecule has 5 rings (SSSR count). The maximum absolute atomic E-state index is 12.4. The summed E-state index contributed by atoms with van der Waals surface area (Å²) in [7, 11) is 0. The van der Waals surface area contributed by atoms with Crippen molar-refractivity contribution < 1.29 is 14.6 Å². The Morgan fingerprint density at radius 1 is 1.07 bits per heavy atom. The summed E-state index contributed by atoms with van der Waals surface area (Å²) in [6.45, 7) is 14.6. The van der Waals surface area contributed by atoms with Crippen molar-refractivity contribution in [3.63, 3.8) is 0 Å². The monoisotopic (exact) mass is 582 g/mol. The van der Waals surface area contributed by atoms with Crippen LogP contribution < -0.4 is 5.32 Å². The largest absolute Gasteiger partial charge is 0.444 e. The van der Waals surface area contributed by atoms with Gasteiger partial charge in [0.2, 0.25) is 5.95 Å². The summed E-state index contributed by atoms with van der Waals surface area (Å²) in [5.41, 5.74) is 2.02. The number of carbonyl (C=O) groups excluding carboxylic acids is 1. The molecule has 234 valence electrons. The molecule has 2 saturated carbocycles. The Hall–Kier alpha value is -2.39. The lowest BCUT2D eigenvalue weighted by Crippen LogP contribution is -2.51. The number of hydrogen-bond acceptors (Lipinski definition) is 7. The zero-order chi connectivity index (χ0) is 29.9. The molecule has 2 aromatic heterocycles. The van der Waals surface area contributed by atoms with Gasteiger partial charge < -0.3 is 24.6 Å². The molecule has 9 nitrogen and oxygen atoms in total. The van der Waals surface area contributed by atoms with Gasteiger partial charge in [0, 0.05) is 62.6 Å². The number of carbonyl (C=O) groups is 1.